The molecule has 0 aliphatic heterocycles. The number of quaternary nitrogens is 1. The highest BCUT2D eigenvalue weighted by molar-refractivity contribution is 7.47. The number of nitrogens with one attached hydrogen (secondary N) is 1. The molecule has 1 amide bonds. The number of aryl methyl sites for hydroxylation is 1. The van der Waals surface area contributed by atoms with Gasteiger partial charge in [0, 0.05) is 18.7 Å². The van der Waals surface area contributed by atoms with Crippen LogP contribution in [0.15, 0.2) is 24.3 Å². The Hall–Kier alpha value is -1.28. The van der Waals surface area contributed by atoms with Crippen molar-refractivity contribution in [2.45, 2.75) is 128 Å². The largest absolute Gasteiger partial charge is 0.472 e. The number of phosphoric acid groups is 1. The molecule has 0 bridgehead atoms. The summed E-state index contributed by atoms with van der Waals surface area (Å²) in [4.78, 5) is 21.6. The number of hydrogen-bond donors (Lipinski definition) is 3. The minimum Gasteiger partial charge on any atom is -0.396 e. The predicted molar refractivity (Wildman–Crippen MR) is 178 cm³/mol. The zero-order valence-corrected chi connectivity index (χ0v) is 28.6. The van der Waals surface area contributed by atoms with Gasteiger partial charge >= 0.3 is 7.82 Å². The lowest BCUT2D eigenvalue weighted by atomic mass is 10.0. The summed E-state index contributed by atoms with van der Waals surface area (Å²) in [6, 6.07) is 8.21. The maximum atomic E-state index is 11.9. The first kappa shape index (κ1) is 39.7. The normalized spacial score (nSPS) is 13.2. The Morgan fingerprint density at radius 3 is 1.65 bits per heavy atom. The molecule has 43 heavy (non-hydrogen) atoms. The highest BCUT2D eigenvalue weighted by Gasteiger charge is 2.22. The number of nitrogens with zero attached hydrogens (tertiary/aromatic N) is 1. The Morgan fingerprint density at radius 1 is 0.698 bits per heavy atom. The van der Waals surface area contributed by atoms with Crippen molar-refractivity contribution in [2.24, 2.45) is 0 Å². The van der Waals surface area contributed by atoms with E-state index < -0.39 is 7.82 Å². The Morgan fingerprint density at radius 2 is 1.16 bits per heavy atom. The molecule has 0 saturated heterocycles. The minimum atomic E-state index is -3.91. The highest BCUT2D eigenvalue weighted by Crippen LogP contribution is 2.43. The average molecular weight is 628 g/mol. The number of hydrogen-bond acceptors (Lipinski definition) is 5. The molecular formula is C34H64N2O6P+. The van der Waals surface area contributed by atoms with Gasteiger partial charge in [0.1, 0.15) is 13.2 Å². The van der Waals surface area contributed by atoms with Crippen LogP contribution >= 0.6 is 7.82 Å². The smallest absolute Gasteiger partial charge is 0.396 e. The van der Waals surface area contributed by atoms with Gasteiger partial charge in [0.15, 0.2) is 0 Å². The Bertz CT molecular complexity index is 859. The van der Waals surface area contributed by atoms with E-state index in [0.717, 1.165) is 37.8 Å². The van der Waals surface area contributed by atoms with Gasteiger partial charge in [0.2, 0.25) is 5.91 Å². The van der Waals surface area contributed by atoms with E-state index in [-0.39, 0.29) is 25.7 Å². The fourth-order valence-electron chi connectivity index (χ4n) is 4.93. The molecule has 0 saturated carbocycles. The Kier molecular flexibility index (Phi) is 23.1. The third kappa shape index (κ3) is 25.7. The molecule has 1 rings (SSSR count). The van der Waals surface area contributed by atoms with E-state index in [1.165, 1.54) is 89.0 Å². The first-order valence-electron chi connectivity index (χ1n) is 17.0. The van der Waals surface area contributed by atoms with E-state index >= 15 is 0 Å². The number of amides is 1. The molecule has 1 aromatic rings. The lowest BCUT2D eigenvalue weighted by molar-refractivity contribution is -0.870. The molecule has 1 aromatic carbocycles. The number of benzene rings is 1. The molecule has 1 unspecified atom stereocenters. The second-order valence-corrected chi connectivity index (χ2v) is 14.4. The van der Waals surface area contributed by atoms with Crippen LogP contribution in [0.1, 0.15) is 128 Å². The fraction of sp³-hybridized carbons (Fsp3) is 0.794. The van der Waals surface area contributed by atoms with Crippen molar-refractivity contribution in [3.8, 4) is 0 Å². The van der Waals surface area contributed by atoms with Crippen LogP contribution in [0.2, 0.25) is 0 Å². The molecule has 8 nitrogen and oxygen atoms in total. The number of anilines is 1. The standard InChI is InChI=1S/C34H63N2O6P/c1-36(2,3)28-31-42-43(39,40)41-30-21-17-15-13-11-9-7-5-4-6-8-10-12-14-16-18-22-32-24-26-33(27-25-32)35-34(38)23-19-20-29-37/h24-27,37H,4-23,28-31H2,1-3H3,(H-,35,38,39,40)/p+1. The first-order valence-corrected chi connectivity index (χ1v) is 18.5. The van der Waals surface area contributed by atoms with Gasteiger partial charge in [0.05, 0.1) is 27.7 Å². The summed E-state index contributed by atoms with van der Waals surface area (Å²) in [7, 11) is 2.13. The summed E-state index contributed by atoms with van der Waals surface area (Å²) < 4.78 is 22.6. The molecule has 3 N–H and O–H groups in total. The van der Waals surface area contributed by atoms with Gasteiger partial charge < -0.3 is 19.8 Å². The van der Waals surface area contributed by atoms with Crippen LogP contribution < -0.4 is 5.32 Å². The van der Waals surface area contributed by atoms with Gasteiger partial charge in [-0.3, -0.25) is 13.8 Å². The quantitative estimate of drug-likeness (QED) is 0.0468. The van der Waals surface area contributed by atoms with E-state index in [1.54, 1.807) is 0 Å². The van der Waals surface area contributed by atoms with Crippen LogP contribution in [-0.2, 0) is 24.8 Å². The second-order valence-electron chi connectivity index (χ2n) is 13.0. The third-order valence-electron chi connectivity index (χ3n) is 7.68. The summed E-state index contributed by atoms with van der Waals surface area (Å²) in [5.74, 6) is 0.0145. The minimum absolute atomic E-state index is 0.0145. The van der Waals surface area contributed by atoms with Crippen LogP contribution in [0.5, 0.6) is 0 Å². The molecular weight excluding hydrogens is 563 g/mol. The predicted octanol–water partition coefficient (Wildman–Crippen LogP) is 8.41. The maximum absolute atomic E-state index is 11.9. The zero-order valence-electron chi connectivity index (χ0n) is 27.7. The molecule has 0 spiro atoms. The van der Waals surface area contributed by atoms with Crippen LogP contribution in [0.4, 0.5) is 5.69 Å². The van der Waals surface area contributed by atoms with Gasteiger partial charge in [0.25, 0.3) is 0 Å². The van der Waals surface area contributed by atoms with Crippen LogP contribution in [0.3, 0.4) is 0 Å². The van der Waals surface area contributed by atoms with Gasteiger partial charge in [-0.1, -0.05) is 102 Å². The summed E-state index contributed by atoms with van der Waals surface area (Å²) in [5, 5.41) is 11.7. The zero-order chi connectivity index (χ0) is 31.7. The van der Waals surface area contributed by atoms with Crippen LogP contribution in [0, 0.1) is 0 Å². The molecule has 0 fully saturated rings. The fourth-order valence-corrected chi connectivity index (χ4v) is 5.68. The van der Waals surface area contributed by atoms with Crippen molar-refractivity contribution in [1.82, 2.24) is 0 Å². The molecule has 250 valence electrons. The Labute approximate surface area is 263 Å². The summed E-state index contributed by atoms with van der Waals surface area (Å²) in [6.45, 7) is 1.30. The Balaban J connectivity index is 1.83. The van der Waals surface area contributed by atoms with Crippen LogP contribution in [-0.4, -0.2) is 67.9 Å². The van der Waals surface area contributed by atoms with Crippen molar-refractivity contribution in [3.63, 3.8) is 0 Å². The molecule has 9 heteroatoms. The van der Waals surface area contributed by atoms with Gasteiger partial charge in [-0.15, -0.1) is 0 Å². The number of phosphoric ester groups is 1. The number of carbonyl (C=O) groups is 1. The topological polar surface area (TPSA) is 105 Å². The van der Waals surface area contributed by atoms with Crippen molar-refractivity contribution in [2.75, 3.05) is 52.8 Å². The highest BCUT2D eigenvalue weighted by atomic mass is 31.2. The average Bonchev–Trinajstić information content (AvgIpc) is 2.94. The van der Waals surface area contributed by atoms with Gasteiger partial charge in [-0.2, -0.15) is 0 Å². The lowest BCUT2D eigenvalue weighted by Crippen LogP contribution is -2.37. The summed E-state index contributed by atoms with van der Waals surface area (Å²) in [5.41, 5.74) is 2.18. The monoisotopic (exact) mass is 627 g/mol. The van der Waals surface area contributed by atoms with E-state index in [1.807, 2.05) is 33.3 Å². The summed E-state index contributed by atoms with van der Waals surface area (Å²) >= 11 is 0. The number of carbonyl (C=O) groups excluding carboxylic acids is 1. The molecule has 0 radical (unpaired) electrons. The van der Waals surface area contributed by atoms with Gasteiger partial charge in [-0.05, 0) is 49.8 Å². The number of unbranched alkanes of at least 4 members (excludes halogenated alkanes) is 16. The number of likely N-dealkylation sites (N-methyl/N-ethyl adjacent to an activating group) is 1. The molecule has 1 atom stereocenters. The lowest BCUT2D eigenvalue weighted by Gasteiger charge is -2.24. The van der Waals surface area contributed by atoms with E-state index in [9.17, 15) is 14.3 Å². The van der Waals surface area contributed by atoms with Crippen molar-refractivity contribution in [1.29, 1.82) is 0 Å². The maximum Gasteiger partial charge on any atom is 0.472 e. The summed E-state index contributed by atoms with van der Waals surface area (Å²) in [6.07, 6.45) is 23.0. The van der Waals surface area contributed by atoms with E-state index in [4.69, 9.17) is 14.2 Å². The number of aliphatic hydroxyl groups excluding tert-OH is 1. The molecule has 0 heterocycles. The molecule has 0 aliphatic carbocycles. The SMILES string of the molecule is C[N+](C)(C)CCOP(=O)(O)OCCCCCCCCCCCCCCCCCCc1ccc(NC(=O)CCCCO)cc1. The number of rotatable bonds is 29. The second kappa shape index (κ2) is 25.0. The first-order chi connectivity index (χ1) is 20.6. The van der Waals surface area contributed by atoms with Gasteiger partial charge in [-0.25, -0.2) is 4.57 Å². The van der Waals surface area contributed by atoms with Crippen molar-refractivity contribution < 1.29 is 32.9 Å². The van der Waals surface area contributed by atoms with Crippen molar-refractivity contribution in [3.05, 3.63) is 29.8 Å². The molecule has 0 aliphatic rings. The van der Waals surface area contributed by atoms with E-state index in [2.05, 4.69) is 17.4 Å². The van der Waals surface area contributed by atoms with Crippen molar-refractivity contribution >= 4 is 19.4 Å². The van der Waals surface area contributed by atoms with Crippen LogP contribution in [0.25, 0.3) is 0 Å². The number of aliphatic hydroxyl groups is 1. The third-order valence-corrected chi connectivity index (χ3v) is 8.70. The van der Waals surface area contributed by atoms with E-state index in [0.29, 0.717) is 23.9 Å². The molecule has 0 aromatic heterocycles.